The molecule has 0 atom stereocenters. The highest BCUT2D eigenvalue weighted by Crippen LogP contribution is 2.24. The van der Waals surface area contributed by atoms with E-state index < -0.39 is 11.6 Å². The van der Waals surface area contributed by atoms with E-state index in [-0.39, 0.29) is 5.92 Å². The van der Waals surface area contributed by atoms with Crippen molar-refractivity contribution < 1.29 is 8.78 Å². The van der Waals surface area contributed by atoms with Gasteiger partial charge in [0, 0.05) is 11.5 Å². The van der Waals surface area contributed by atoms with Crippen LogP contribution < -0.4 is 0 Å². The smallest absolute Gasteiger partial charge is 0.159 e. The van der Waals surface area contributed by atoms with Crippen LogP contribution in [0.5, 0.6) is 0 Å². The summed E-state index contributed by atoms with van der Waals surface area (Å²) < 4.78 is 26.7. The average Bonchev–Trinajstić information content (AvgIpc) is 2.31. The van der Waals surface area contributed by atoms with E-state index in [1.165, 1.54) is 6.07 Å². The van der Waals surface area contributed by atoms with E-state index in [0.717, 1.165) is 12.1 Å². The number of hydrogen-bond acceptors (Lipinski definition) is 2. The topological polar surface area (TPSA) is 25.8 Å². The minimum Gasteiger partial charge on any atom is -0.233 e. The number of hydrogen-bond donors (Lipinski definition) is 0. The van der Waals surface area contributed by atoms with Gasteiger partial charge in [-0.3, -0.25) is 0 Å². The molecule has 2 nitrogen and oxygen atoms in total. The van der Waals surface area contributed by atoms with Crippen molar-refractivity contribution in [1.29, 1.82) is 0 Å². The summed E-state index contributed by atoms with van der Waals surface area (Å²) in [6.45, 7) is 3.94. The Morgan fingerprint density at radius 1 is 1.06 bits per heavy atom. The Hall–Kier alpha value is -1.36. The number of nitrogens with zero attached hydrogens (tertiary/aromatic N) is 2. The first kappa shape index (κ1) is 13.1. The van der Waals surface area contributed by atoms with Crippen molar-refractivity contribution in [3.05, 3.63) is 46.3 Å². The molecule has 2 rings (SSSR count). The molecule has 0 saturated heterocycles. The molecule has 0 bridgehead atoms. The lowest BCUT2D eigenvalue weighted by Crippen LogP contribution is -1.99. The minimum atomic E-state index is -0.881. The standard InChI is InChI=1S/C13H11BrF2N2/c1-7(2)13-17-11(6-12(14)18-13)8-3-4-9(15)10(16)5-8/h3-7H,1-2H3. The summed E-state index contributed by atoms with van der Waals surface area (Å²) in [6.07, 6.45) is 0. The molecular weight excluding hydrogens is 302 g/mol. The molecule has 5 heteroatoms. The van der Waals surface area contributed by atoms with E-state index >= 15 is 0 Å². The van der Waals surface area contributed by atoms with Gasteiger partial charge in [0.05, 0.1) is 5.69 Å². The summed E-state index contributed by atoms with van der Waals surface area (Å²) in [6, 6.07) is 5.40. The fraction of sp³-hybridized carbons (Fsp3) is 0.231. The quantitative estimate of drug-likeness (QED) is 0.772. The second-order valence-corrected chi connectivity index (χ2v) is 5.03. The van der Waals surface area contributed by atoms with Crippen LogP contribution in [-0.2, 0) is 0 Å². The predicted molar refractivity (Wildman–Crippen MR) is 69.2 cm³/mol. The highest BCUT2D eigenvalue weighted by Gasteiger charge is 2.10. The SMILES string of the molecule is CC(C)c1nc(Br)cc(-c2ccc(F)c(F)c2)n1. The van der Waals surface area contributed by atoms with E-state index in [2.05, 4.69) is 25.9 Å². The summed E-state index contributed by atoms with van der Waals surface area (Å²) in [4.78, 5) is 8.58. The maximum absolute atomic E-state index is 13.2. The third-order valence-corrected chi connectivity index (χ3v) is 2.85. The number of aromatic nitrogens is 2. The molecule has 18 heavy (non-hydrogen) atoms. The third-order valence-electron chi connectivity index (χ3n) is 2.44. The summed E-state index contributed by atoms with van der Waals surface area (Å²) in [5, 5.41) is 0. The van der Waals surface area contributed by atoms with Gasteiger partial charge in [-0.2, -0.15) is 0 Å². The lowest BCUT2D eigenvalue weighted by Gasteiger charge is -2.08. The first-order valence-corrected chi connectivity index (χ1v) is 6.26. The van der Waals surface area contributed by atoms with Crippen LogP contribution in [0.3, 0.4) is 0 Å². The van der Waals surface area contributed by atoms with Gasteiger partial charge in [-0.15, -0.1) is 0 Å². The van der Waals surface area contributed by atoms with Crippen molar-refractivity contribution in [3.63, 3.8) is 0 Å². The largest absolute Gasteiger partial charge is 0.233 e. The van der Waals surface area contributed by atoms with Crippen LogP contribution in [0.2, 0.25) is 0 Å². The number of benzene rings is 1. The second kappa shape index (κ2) is 5.10. The highest BCUT2D eigenvalue weighted by molar-refractivity contribution is 9.10. The molecule has 0 radical (unpaired) electrons. The van der Waals surface area contributed by atoms with Crippen LogP contribution in [0, 0.1) is 11.6 Å². The van der Waals surface area contributed by atoms with Gasteiger partial charge in [-0.05, 0) is 40.2 Å². The van der Waals surface area contributed by atoms with Gasteiger partial charge < -0.3 is 0 Å². The maximum Gasteiger partial charge on any atom is 0.159 e. The van der Waals surface area contributed by atoms with Crippen molar-refractivity contribution in [2.24, 2.45) is 0 Å². The van der Waals surface area contributed by atoms with Crippen LogP contribution in [0.1, 0.15) is 25.6 Å². The van der Waals surface area contributed by atoms with E-state index in [1.807, 2.05) is 13.8 Å². The van der Waals surface area contributed by atoms with Gasteiger partial charge >= 0.3 is 0 Å². The first-order chi connectivity index (χ1) is 8.47. The molecule has 0 N–H and O–H groups in total. The molecule has 2 aromatic rings. The molecule has 1 aromatic carbocycles. The highest BCUT2D eigenvalue weighted by atomic mass is 79.9. The van der Waals surface area contributed by atoms with Crippen molar-refractivity contribution in [2.45, 2.75) is 19.8 Å². The lowest BCUT2D eigenvalue weighted by atomic mass is 10.1. The average molecular weight is 313 g/mol. The van der Waals surface area contributed by atoms with E-state index in [0.29, 0.717) is 21.7 Å². The normalized spacial score (nSPS) is 11.0. The zero-order valence-corrected chi connectivity index (χ0v) is 11.5. The van der Waals surface area contributed by atoms with Crippen LogP contribution in [0.15, 0.2) is 28.9 Å². The monoisotopic (exact) mass is 312 g/mol. The van der Waals surface area contributed by atoms with Crippen LogP contribution >= 0.6 is 15.9 Å². The molecular formula is C13H11BrF2N2. The molecule has 0 saturated carbocycles. The fourth-order valence-electron chi connectivity index (χ4n) is 1.50. The van der Waals surface area contributed by atoms with Gasteiger partial charge in [-0.1, -0.05) is 13.8 Å². The number of halogens is 3. The van der Waals surface area contributed by atoms with Crippen molar-refractivity contribution in [2.75, 3.05) is 0 Å². The molecule has 0 amide bonds. The Morgan fingerprint density at radius 3 is 2.39 bits per heavy atom. The lowest BCUT2D eigenvalue weighted by molar-refractivity contribution is 0.509. The van der Waals surface area contributed by atoms with E-state index in [9.17, 15) is 8.78 Å². The Morgan fingerprint density at radius 2 is 1.78 bits per heavy atom. The fourth-order valence-corrected chi connectivity index (χ4v) is 1.90. The van der Waals surface area contributed by atoms with Gasteiger partial charge in [-0.25, -0.2) is 18.7 Å². The summed E-state index contributed by atoms with van der Waals surface area (Å²) in [5.41, 5.74) is 1.10. The molecule has 0 aliphatic rings. The van der Waals surface area contributed by atoms with E-state index in [4.69, 9.17) is 0 Å². The Labute approximate surface area is 112 Å². The van der Waals surface area contributed by atoms with Crippen LogP contribution in [0.4, 0.5) is 8.78 Å². The summed E-state index contributed by atoms with van der Waals surface area (Å²) in [5.74, 6) is -0.931. The first-order valence-electron chi connectivity index (χ1n) is 5.47. The van der Waals surface area contributed by atoms with Crippen molar-refractivity contribution in [3.8, 4) is 11.3 Å². The molecule has 0 aliphatic carbocycles. The van der Waals surface area contributed by atoms with Gasteiger partial charge in [0.15, 0.2) is 11.6 Å². The zero-order valence-electron chi connectivity index (χ0n) is 9.92. The second-order valence-electron chi connectivity index (χ2n) is 4.22. The summed E-state index contributed by atoms with van der Waals surface area (Å²) in [7, 11) is 0. The molecule has 94 valence electrons. The van der Waals surface area contributed by atoms with Gasteiger partial charge in [0.25, 0.3) is 0 Å². The molecule has 0 spiro atoms. The predicted octanol–water partition coefficient (Wildman–Crippen LogP) is 4.31. The number of rotatable bonds is 2. The Kier molecular flexibility index (Phi) is 3.71. The zero-order chi connectivity index (χ0) is 13.3. The molecule has 0 fully saturated rings. The van der Waals surface area contributed by atoms with Gasteiger partial charge in [0.1, 0.15) is 10.4 Å². The third kappa shape index (κ3) is 2.72. The van der Waals surface area contributed by atoms with Crippen molar-refractivity contribution >= 4 is 15.9 Å². The Balaban J connectivity index is 2.53. The van der Waals surface area contributed by atoms with Crippen LogP contribution in [-0.4, -0.2) is 9.97 Å². The Bertz CT molecular complexity index is 585. The van der Waals surface area contributed by atoms with Crippen LogP contribution in [0.25, 0.3) is 11.3 Å². The minimum absolute atomic E-state index is 0.159. The van der Waals surface area contributed by atoms with Gasteiger partial charge in [0.2, 0.25) is 0 Å². The molecule has 1 heterocycles. The van der Waals surface area contributed by atoms with E-state index in [1.54, 1.807) is 6.07 Å². The molecule has 0 aliphatic heterocycles. The molecule has 0 unspecified atom stereocenters. The maximum atomic E-state index is 13.2. The molecule has 1 aromatic heterocycles. The van der Waals surface area contributed by atoms with Crippen molar-refractivity contribution in [1.82, 2.24) is 9.97 Å². The summed E-state index contributed by atoms with van der Waals surface area (Å²) >= 11 is 3.29.